The van der Waals surface area contributed by atoms with E-state index < -0.39 is 11.7 Å². The number of rotatable bonds is 3. The van der Waals surface area contributed by atoms with Crippen LogP contribution in [0.1, 0.15) is 18.1 Å². The van der Waals surface area contributed by atoms with E-state index in [1.807, 2.05) is 6.92 Å². The molecule has 1 rings (SSSR count). The highest BCUT2D eigenvalue weighted by molar-refractivity contribution is 7.80. The summed E-state index contributed by atoms with van der Waals surface area (Å²) in [5.74, 6) is 0. The average Bonchev–Trinajstić information content (AvgIpc) is 2.16. The number of alkyl halides is 3. The molecule has 0 aromatic heterocycles. The SMILES string of the molecule is CCNc1ccc(C(F)(F)F)cc1C(N)=S. The van der Waals surface area contributed by atoms with Crippen LogP contribution in [0.4, 0.5) is 18.9 Å². The van der Waals surface area contributed by atoms with Gasteiger partial charge in [0.15, 0.2) is 0 Å². The predicted octanol–water partition coefficient (Wildman–Crippen LogP) is 2.77. The Kier molecular flexibility index (Phi) is 3.74. The van der Waals surface area contributed by atoms with E-state index >= 15 is 0 Å². The van der Waals surface area contributed by atoms with Crippen LogP contribution in [0.25, 0.3) is 0 Å². The molecule has 2 nitrogen and oxygen atoms in total. The Labute approximate surface area is 96.6 Å². The molecule has 0 heterocycles. The molecule has 3 N–H and O–H groups in total. The molecule has 0 saturated heterocycles. The van der Waals surface area contributed by atoms with Crippen molar-refractivity contribution < 1.29 is 13.2 Å². The van der Waals surface area contributed by atoms with E-state index in [0.717, 1.165) is 12.1 Å². The highest BCUT2D eigenvalue weighted by atomic mass is 32.1. The van der Waals surface area contributed by atoms with Crippen LogP contribution in [0.15, 0.2) is 18.2 Å². The maximum Gasteiger partial charge on any atom is 0.416 e. The molecule has 16 heavy (non-hydrogen) atoms. The normalized spacial score (nSPS) is 11.2. The summed E-state index contributed by atoms with van der Waals surface area (Å²) in [6, 6.07) is 3.29. The van der Waals surface area contributed by atoms with Crippen LogP contribution in [0.2, 0.25) is 0 Å². The molecule has 0 aliphatic carbocycles. The fourth-order valence-electron chi connectivity index (χ4n) is 1.27. The molecule has 6 heteroatoms. The number of benzene rings is 1. The van der Waals surface area contributed by atoms with Crippen molar-refractivity contribution in [3.05, 3.63) is 29.3 Å². The summed E-state index contributed by atoms with van der Waals surface area (Å²) in [5, 5.41) is 2.90. The first-order valence-electron chi connectivity index (χ1n) is 4.61. The van der Waals surface area contributed by atoms with Gasteiger partial charge in [-0.1, -0.05) is 12.2 Å². The quantitative estimate of drug-likeness (QED) is 0.808. The van der Waals surface area contributed by atoms with Crippen molar-refractivity contribution in [2.75, 3.05) is 11.9 Å². The van der Waals surface area contributed by atoms with Gasteiger partial charge in [0.25, 0.3) is 0 Å². The third kappa shape index (κ3) is 2.85. The van der Waals surface area contributed by atoms with E-state index in [0.29, 0.717) is 12.2 Å². The Morgan fingerprint density at radius 3 is 2.50 bits per heavy atom. The smallest absolute Gasteiger partial charge is 0.389 e. The van der Waals surface area contributed by atoms with Gasteiger partial charge in [0.2, 0.25) is 0 Å². The van der Waals surface area contributed by atoms with Gasteiger partial charge in [0.1, 0.15) is 4.99 Å². The van der Waals surface area contributed by atoms with Crippen molar-refractivity contribution in [1.29, 1.82) is 0 Å². The third-order valence-electron chi connectivity index (χ3n) is 1.98. The lowest BCUT2D eigenvalue weighted by atomic mass is 10.1. The van der Waals surface area contributed by atoms with Crippen LogP contribution in [-0.4, -0.2) is 11.5 Å². The van der Waals surface area contributed by atoms with Crippen LogP contribution >= 0.6 is 12.2 Å². The van der Waals surface area contributed by atoms with Crippen molar-refractivity contribution in [2.45, 2.75) is 13.1 Å². The molecule has 88 valence electrons. The molecule has 0 saturated carbocycles. The average molecular weight is 248 g/mol. The Balaban J connectivity index is 3.23. The lowest BCUT2D eigenvalue weighted by Gasteiger charge is -2.13. The van der Waals surface area contributed by atoms with Crippen LogP contribution in [0, 0.1) is 0 Å². The Morgan fingerprint density at radius 1 is 1.44 bits per heavy atom. The Hall–Kier alpha value is -1.30. The largest absolute Gasteiger partial charge is 0.416 e. The topological polar surface area (TPSA) is 38.0 Å². The van der Waals surface area contributed by atoms with Crippen molar-refractivity contribution >= 4 is 22.9 Å². The van der Waals surface area contributed by atoms with E-state index in [4.69, 9.17) is 18.0 Å². The van der Waals surface area contributed by atoms with Gasteiger partial charge in [-0.15, -0.1) is 0 Å². The van der Waals surface area contributed by atoms with Gasteiger partial charge < -0.3 is 11.1 Å². The maximum atomic E-state index is 12.4. The van der Waals surface area contributed by atoms with E-state index in [-0.39, 0.29) is 10.6 Å². The molecule has 0 amide bonds. The van der Waals surface area contributed by atoms with Crippen LogP contribution in [0.5, 0.6) is 0 Å². The minimum Gasteiger partial charge on any atom is -0.389 e. The lowest BCUT2D eigenvalue weighted by Crippen LogP contribution is -2.15. The van der Waals surface area contributed by atoms with Gasteiger partial charge in [-0.3, -0.25) is 0 Å². The number of nitrogens with one attached hydrogen (secondary N) is 1. The van der Waals surface area contributed by atoms with Gasteiger partial charge >= 0.3 is 6.18 Å². The maximum absolute atomic E-state index is 12.4. The number of nitrogens with two attached hydrogens (primary N) is 1. The minimum atomic E-state index is -4.38. The molecule has 0 aliphatic heterocycles. The number of anilines is 1. The van der Waals surface area contributed by atoms with Gasteiger partial charge in [-0.25, -0.2) is 0 Å². The van der Waals surface area contributed by atoms with Crippen LogP contribution < -0.4 is 11.1 Å². The second-order valence-electron chi connectivity index (χ2n) is 3.15. The second kappa shape index (κ2) is 4.69. The van der Waals surface area contributed by atoms with E-state index in [9.17, 15) is 13.2 Å². The zero-order valence-corrected chi connectivity index (χ0v) is 9.38. The summed E-state index contributed by atoms with van der Waals surface area (Å²) in [6.07, 6.45) is -4.38. The lowest BCUT2D eigenvalue weighted by molar-refractivity contribution is -0.137. The number of halogens is 3. The fourth-order valence-corrected chi connectivity index (χ4v) is 1.44. The van der Waals surface area contributed by atoms with Crippen molar-refractivity contribution in [1.82, 2.24) is 0 Å². The molecule has 1 aromatic carbocycles. The number of hydrogen-bond donors (Lipinski definition) is 2. The van der Waals surface area contributed by atoms with E-state index in [1.54, 1.807) is 0 Å². The van der Waals surface area contributed by atoms with E-state index in [1.165, 1.54) is 6.07 Å². The molecular weight excluding hydrogens is 237 g/mol. The Bertz CT molecular complexity index is 402. The summed E-state index contributed by atoms with van der Waals surface area (Å²) in [7, 11) is 0. The number of hydrogen-bond acceptors (Lipinski definition) is 2. The summed E-state index contributed by atoms with van der Waals surface area (Å²) < 4.78 is 37.3. The first kappa shape index (κ1) is 12.8. The highest BCUT2D eigenvalue weighted by Crippen LogP contribution is 2.31. The van der Waals surface area contributed by atoms with Gasteiger partial charge in [-0.05, 0) is 25.1 Å². The molecule has 0 unspecified atom stereocenters. The Morgan fingerprint density at radius 2 is 2.06 bits per heavy atom. The molecule has 0 fully saturated rings. The van der Waals surface area contributed by atoms with Crippen molar-refractivity contribution in [3.8, 4) is 0 Å². The fraction of sp³-hybridized carbons (Fsp3) is 0.300. The predicted molar refractivity (Wildman–Crippen MR) is 61.5 cm³/mol. The zero-order valence-electron chi connectivity index (χ0n) is 8.56. The van der Waals surface area contributed by atoms with Crippen molar-refractivity contribution in [2.24, 2.45) is 5.73 Å². The molecule has 0 bridgehead atoms. The van der Waals surface area contributed by atoms with Crippen molar-refractivity contribution in [3.63, 3.8) is 0 Å². The summed E-state index contributed by atoms with van der Waals surface area (Å²) in [4.78, 5) is -0.0537. The molecule has 1 aromatic rings. The third-order valence-corrected chi connectivity index (χ3v) is 2.20. The highest BCUT2D eigenvalue weighted by Gasteiger charge is 2.31. The first-order valence-corrected chi connectivity index (χ1v) is 5.02. The number of thiocarbonyl (C=S) groups is 1. The molecular formula is C10H11F3N2S. The molecule has 0 radical (unpaired) electrons. The summed E-state index contributed by atoms with van der Waals surface area (Å²) in [5.41, 5.74) is 5.36. The van der Waals surface area contributed by atoms with Gasteiger partial charge in [-0.2, -0.15) is 13.2 Å². The summed E-state index contributed by atoms with van der Waals surface area (Å²) >= 11 is 4.72. The monoisotopic (exact) mass is 248 g/mol. The van der Waals surface area contributed by atoms with Gasteiger partial charge in [0.05, 0.1) is 5.56 Å². The molecule has 0 spiro atoms. The molecule has 0 aliphatic rings. The van der Waals surface area contributed by atoms with Crippen LogP contribution in [0.3, 0.4) is 0 Å². The summed E-state index contributed by atoms with van der Waals surface area (Å²) in [6.45, 7) is 2.42. The first-order chi connectivity index (χ1) is 7.36. The second-order valence-corrected chi connectivity index (χ2v) is 3.59. The van der Waals surface area contributed by atoms with Gasteiger partial charge in [0, 0.05) is 17.8 Å². The molecule has 0 atom stereocenters. The standard InChI is InChI=1S/C10H11F3N2S/c1-2-15-8-4-3-6(10(11,12)13)5-7(8)9(14)16/h3-5,15H,2H2,1H3,(H2,14,16). The minimum absolute atomic E-state index is 0.0537. The van der Waals surface area contributed by atoms with Crippen LogP contribution in [-0.2, 0) is 6.18 Å². The van der Waals surface area contributed by atoms with E-state index in [2.05, 4.69) is 5.32 Å². The zero-order chi connectivity index (χ0) is 12.3.